The predicted octanol–water partition coefficient (Wildman–Crippen LogP) is 3.05. The maximum absolute atomic E-state index is 12.7. The molecule has 0 amide bonds. The molecule has 1 N–H and O–H groups in total. The first-order chi connectivity index (χ1) is 9.34. The topological polar surface area (TPSA) is 71.4 Å². The van der Waals surface area contributed by atoms with Gasteiger partial charge in [0.05, 0.1) is 15.7 Å². The molecule has 1 saturated carbocycles. The van der Waals surface area contributed by atoms with Crippen LogP contribution in [0.4, 0.5) is 0 Å². The highest BCUT2D eigenvalue weighted by molar-refractivity contribution is 7.92. The third-order valence-corrected chi connectivity index (χ3v) is 6.63. The Morgan fingerprint density at radius 2 is 1.80 bits per heavy atom. The van der Waals surface area contributed by atoms with Crippen molar-refractivity contribution in [3.05, 3.63) is 29.3 Å². The fourth-order valence-electron chi connectivity index (χ4n) is 2.87. The van der Waals surface area contributed by atoms with Crippen molar-refractivity contribution >= 4 is 15.8 Å². The number of rotatable bonds is 3. The molecule has 0 bridgehead atoms. The second-order valence-electron chi connectivity index (χ2n) is 5.66. The van der Waals surface area contributed by atoms with E-state index in [0.717, 1.165) is 12.8 Å². The molecule has 1 aliphatic rings. The zero-order valence-electron chi connectivity index (χ0n) is 11.8. The minimum absolute atomic E-state index is 0.0650. The second-order valence-corrected chi connectivity index (χ2v) is 7.86. The third kappa shape index (κ3) is 2.73. The van der Waals surface area contributed by atoms with Gasteiger partial charge in [0.15, 0.2) is 9.84 Å². The van der Waals surface area contributed by atoms with Gasteiger partial charge in [0, 0.05) is 0 Å². The Kier molecular flexibility index (Phi) is 4.18. The number of carboxylic acid groups (broad SMARTS) is 1. The van der Waals surface area contributed by atoms with Crippen LogP contribution in [0.3, 0.4) is 0 Å². The maximum atomic E-state index is 12.7. The first kappa shape index (κ1) is 15.0. The summed E-state index contributed by atoms with van der Waals surface area (Å²) in [7, 11) is -3.44. The quantitative estimate of drug-likeness (QED) is 0.930. The van der Waals surface area contributed by atoms with Crippen LogP contribution in [0.1, 0.15) is 48.5 Å². The molecule has 110 valence electrons. The van der Waals surface area contributed by atoms with Crippen LogP contribution >= 0.6 is 0 Å². The average Bonchev–Trinajstić information content (AvgIpc) is 2.38. The van der Waals surface area contributed by atoms with Crippen molar-refractivity contribution in [3.8, 4) is 0 Å². The van der Waals surface area contributed by atoms with E-state index in [9.17, 15) is 13.2 Å². The van der Waals surface area contributed by atoms with Gasteiger partial charge in [-0.25, -0.2) is 13.2 Å². The van der Waals surface area contributed by atoms with Crippen molar-refractivity contribution in [2.24, 2.45) is 5.92 Å². The van der Waals surface area contributed by atoms with Gasteiger partial charge in [-0.1, -0.05) is 13.0 Å². The Bertz CT molecular complexity index is 611. The van der Waals surface area contributed by atoms with Crippen molar-refractivity contribution in [1.82, 2.24) is 0 Å². The summed E-state index contributed by atoms with van der Waals surface area (Å²) < 4.78 is 25.4. The van der Waals surface area contributed by atoms with Gasteiger partial charge >= 0.3 is 5.97 Å². The molecule has 0 aromatic heterocycles. The molecule has 0 aliphatic heterocycles. The Labute approximate surface area is 119 Å². The number of carbonyl (C=O) groups is 1. The van der Waals surface area contributed by atoms with Crippen LogP contribution in [0.15, 0.2) is 23.1 Å². The number of carboxylic acids is 1. The number of benzene rings is 1. The van der Waals surface area contributed by atoms with Crippen molar-refractivity contribution in [2.45, 2.75) is 49.7 Å². The highest BCUT2D eigenvalue weighted by Crippen LogP contribution is 2.33. The first-order valence-electron chi connectivity index (χ1n) is 6.91. The largest absolute Gasteiger partial charge is 0.478 e. The molecule has 4 nitrogen and oxygen atoms in total. The summed E-state index contributed by atoms with van der Waals surface area (Å²) in [5, 5.41) is 8.73. The molecular formula is C15H20O4S. The normalized spacial score (nSPS) is 23.5. The molecule has 2 rings (SSSR count). The minimum atomic E-state index is -3.44. The van der Waals surface area contributed by atoms with Crippen LogP contribution in [0, 0.1) is 12.8 Å². The SMILES string of the molecule is Cc1c(C(=O)O)cccc1S(=O)(=O)C1CCC(C)CC1. The summed E-state index contributed by atoms with van der Waals surface area (Å²) in [5.41, 5.74) is 0.411. The van der Waals surface area contributed by atoms with Crippen LogP contribution in [-0.2, 0) is 9.84 Å². The molecule has 1 aromatic rings. The minimum Gasteiger partial charge on any atom is -0.478 e. The van der Waals surface area contributed by atoms with Gasteiger partial charge in [-0.05, 0) is 56.2 Å². The van der Waals surface area contributed by atoms with Crippen molar-refractivity contribution in [3.63, 3.8) is 0 Å². The Hall–Kier alpha value is -1.36. The Morgan fingerprint density at radius 1 is 1.20 bits per heavy atom. The molecule has 0 saturated heterocycles. The lowest BCUT2D eigenvalue weighted by Gasteiger charge is -2.26. The number of sulfone groups is 1. The molecule has 20 heavy (non-hydrogen) atoms. The molecule has 0 spiro atoms. The molecular weight excluding hydrogens is 276 g/mol. The molecule has 0 heterocycles. The number of aromatic carboxylic acids is 1. The van der Waals surface area contributed by atoms with E-state index < -0.39 is 15.8 Å². The first-order valence-corrected chi connectivity index (χ1v) is 8.45. The van der Waals surface area contributed by atoms with Gasteiger partial charge in [0.2, 0.25) is 0 Å². The van der Waals surface area contributed by atoms with E-state index in [0.29, 0.717) is 24.3 Å². The summed E-state index contributed by atoms with van der Waals surface area (Å²) in [6, 6.07) is 4.48. The van der Waals surface area contributed by atoms with Gasteiger partial charge in [0.1, 0.15) is 0 Å². The molecule has 1 aliphatic carbocycles. The highest BCUT2D eigenvalue weighted by Gasteiger charge is 2.32. The number of hydrogen-bond donors (Lipinski definition) is 1. The molecule has 0 unspecified atom stereocenters. The molecule has 0 radical (unpaired) electrons. The van der Waals surface area contributed by atoms with Crippen molar-refractivity contribution < 1.29 is 18.3 Å². The molecule has 0 atom stereocenters. The van der Waals surface area contributed by atoms with E-state index >= 15 is 0 Å². The van der Waals surface area contributed by atoms with Crippen LogP contribution < -0.4 is 0 Å². The fraction of sp³-hybridized carbons (Fsp3) is 0.533. The fourth-order valence-corrected chi connectivity index (χ4v) is 4.93. The lowest BCUT2D eigenvalue weighted by molar-refractivity contribution is 0.0696. The molecule has 5 heteroatoms. The standard InChI is InChI=1S/C15H20O4S/c1-10-6-8-12(9-7-10)20(18,19)14-5-3-4-13(11(14)2)15(16)17/h3-5,10,12H,6-9H2,1-2H3,(H,16,17). The van der Waals surface area contributed by atoms with Crippen LogP contribution in [0.25, 0.3) is 0 Å². The summed E-state index contributed by atoms with van der Waals surface area (Å²) in [6.45, 7) is 3.71. The summed E-state index contributed by atoms with van der Waals surface area (Å²) in [5.74, 6) is -0.510. The van der Waals surface area contributed by atoms with Crippen LogP contribution in [0.5, 0.6) is 0 Å². The van der Waals surface area contributed by atoms with Gasteiger partial charge in [-0.15, -0.1) is 0 Å². The third-order valence-electron chi connectivity index (χ3n) is 4.22. The Morgan fingerprint density at radius 3 is 2.35 bits per heavy atom. The van der Waals surface area contributed by atoms with Crippen LogP contribution in [0.2, 0.25) is 0 Å². The molecule has 1 fully saturated rings. The summed E-state index contributed by atoms with van der Waals surface area (Å²) in [6.07, 6.45) is 3.17. The zero-order valence-corrected chi connectivity index (χ0v) is 12.6. The monoisotopic (exact) mass is 296 g/mol. The van der Waals surface area contributed by atoms with E-state index in [2.05, 4.69) is 6.92 Å². The smallest absolute Gasteiger partial charge is 0.335 e. The van der Waals surface area contributed by atoms with E-state index in [1.54, 1.807) is 6.92 Å². The lowest BCUT2D eigenvalue weighted by Crippen LogP contribution is -2.27. The van der Waals surface area contributed by atoms with Gasteiger partial charge < -0.3 is 5.11 Å². The van der Waals surface area contributed by atoms with E-state index in [-0.39, 0.29) is 15.7 Å². The highest BCUT2D eigenvalue weighted by atomic mass is 32.2. The van der Waals surface area contributed by atoms with Crippen molar-refractivity contribution in [1.29, 1.82) is 0 Å². The lowest BCUT2D eigenvalue weighted by atomic mass is 9.91. The second kappa shape index (κ2) is 5.56. The van der Waals surface area contributed by atoms with Gasteiger partial charge in [0.25, 0.3) is 0 Å². The number of hydrogen-bond acceptors (Lipinski definition) is 3. The van der Waals surface area contributed by atoms with Gasteiger partial charge in [-0.2, -0.15) is 0 Å². The van der Waals surface area contributed by atoms with Gasteiger partial charge in [-0.3, -0.25) is 0 Å². The van der Waals surface area contributed by atoms with E-state index in [4.69, 9.17) is 5.11 Å². The van der Waals surface area contributed by atoms with Crippen molar-refractivity contribution in [2.75, 3.05) is 0 Å². The molecule has 1 aromatic carbocycles. The average molecular weight is 296 g/mol. The maximum Gasteiger partial charge on any atom is 0.335 e. The summed E-state index contributed by atoms with van der Waals surface area (Å²) >= 11 is 0. The van der Waals surface area contributed by atoms with E-state index in [1.165, 1.54) is 18.2 Å². The van der Waals surface area contributed by atoms with Crippen LogP contribution in [-0.4, -0.2) is 24.7 Å². The van der Waals surface area contributed by atoms with E-state index in [1.807, 2.05) is 0 Å². The summed E-state index contributed by atoms with van der Waals surface area (Å²) in [4.78, 5) is 11.3. The predicted molar refractivity (Wildman–Crippen MR) is 76.7 cm³/mol. The zero-order chi connectivity index (χ0) is 14.9. The Balaban J connectivity index is 2.40.